The zero-order chi connectivity index (χ0) is 17.9. The minimum Gasteiger partial charge on any atom is -0.300 e. The molecule has 0 aromatic carbocycles. The Kier molecular flexibility index (Phi) is 3.53. The highest BCUT2D eigenvalue weighted by Crippen LogP contribution is 2.62. The van der Waals surface area contributed by atoms with E-state index in [1.54, 1.807) is 6.07 Å². The number of pyridine rings is 1. The third-order valence-electron chi connectivity index (χ3n) is 5.16. The summed E-state index contributed by atoms with van der Waals surface area (Å²) in [6, 6.07) is 5.79. The molecule has 132 valence electrons. The molecule has 0 spiro atoms. The fourth-order valence-corrected chi connectivity index (χ4v) is 3.98. The van der Waals surface area contributed by atoms with E-state index in [-0.39, 0.29) is 17.7 Å². The van der Waals surface area contributed by atoms with Crippen LogP contribution in [0.3, 0.4) is 0 Å². The molecule has 4 nitrogen and oxygen atoms in total. The SMILES string of the molecule is CC(C)n1nc(-c2cccc(C(F)(F)F)n2)cc1[C@H]1[C@@H]2CC(=O)C[C@@H]21. The van der Waals surface area contributed by atoms with Crippen molar-refractivity contribution in [3.05, 3.63) is 35.7 Å². The summed E-state index contributed by atoms with van der Waals surface area (Å²) in [4.78, 5) is 15.2. The molecule has 0 amide bonds. The fraction of sp³-hybridized carbons (Fsp3) is 0.500. The van der Waals surface area contributed by atoms with Crippen molar-refractivity contribution in [2.45, 2.75) is 44.8 Å². The van der Waals surface area contributed by atoms with E-state index in [0.29, 0.717) is 36.2 Å². The molecule has 2 fully saturated rings. The van der Waals surface area contributed by atoms with E-state index < -0.39 is 11.9 Å². The molecule has 2 aliphatic rings. The lowest BCUT2D eigenvalue weighted by Gasteiger charge is -2.11. The summed E-state index contributed by atoms with van der Waals surface area (Å²) in [5.41, 5.74) is 0.759. The first-order valence-electron chi connectivity index (χ1n) is 8.41. The Hall–Kier alpha value is -2.18. The summed E-state index contributed by atoms with van der Waals surface area (Å²) < 4.78 is 40.6. The van der Waals surface area contributed by atoms with Gasteiger partial charge in [0.25, 0.3) is 0 Å². The molecule has 0 N–H and O–H groups in total. The van der Waals surface area contributed by atoms with Gasteiger partial charge in [-0.1, -0.05) is 6.07 Å². The maximum Gasteiger partial charge on any atom is 0.433 e. The first-order chi connectivity index (χ1) is 11.8. The zero-order valence-electron chi connectivity index (χ0n) is 13.9. The van der Waals surface area contributed by atoms with Crippen molar-refractivity contribution in [1.29, 1.82) is 0 Å². The van der Waals surface area contributed by atoms with E-state index in [2.05, 4.69) is 10.1 Å². The van der Waals surface area contributed by atoms with Gasteiger partial charge in [0.05, 0.1) is 5.69 Å². The molecule has 0 bridgehead atoms. The highest BCUT2D eigenvalue weighted by atomic mass is 19.4. The highest BCUT2D eigenvalue weighted by molar-refractivity contribution is 5.83. The second kappa shape index (κ2) is 5.41. The van der Waals surface area contributed by atoms with Gasteiger partial charge in [0, 0.05) is 30.5 Å². The lowest BCUT2D eigenvalue weighted by molar-refractivity contribution is -0.141. The number of hydrogen-bond donors (Lipinski definition) is 0. The van der Waals surface area contributed by atoms with E-state index in [1.807, 2.05) is 24.6 Å². The topological polar surface area (TPSA) is 47.8 Å². The first-order valence-corrected chi connectivity index (χ1v) is 8.41. The minimum atomic E-state index is -4.48. The van der Waals surface area contributed by atoms with Gasteiger partial charge in [-0.15, -0.1) is 0 Å². The van der Waals surface area contributed by atoms with Crippen LogP contribution in [0.15, 0.2) is 24.3 Å². The fourth-order valence-electron chi connectivity index (χ4n) is 3.98. The first kappa shape index (κ1) is 16.3. The van der Waals surface area contributed by atoms with Gasteiger partial charge in [-0.05, 0) is 43.9 Å². The van der Waals surface area contributed by atoms with Gasteiger partial charge < -0.3 is 0 Å². The number of halogens is 3. The van der Waals surface area contributed by atoms with Crippen molar-refractivity contribution in [1.82, 2.24) is 14.8 Å². The summed E-state index contributed by atoms with van der Waals surface area (Å²) in [6.07, 6.45) is -3.27. The Morgan fingerprint density at radius 1 is 1.16 bits per heavy atom. The summed E-state index contributed by atoms with van der Waals surface area (Å²) in [5.74, 6) is 1.32. The zero-order valence-corrected chi connectivity index (χ0v) is 13.9. The van der Waals surface area contributed by atoms with Crippen LogP contribution >= 0.6 is 0 Å². The largest absolute Gasteiger partial charge is 0.433 e. The number of ketones is 1. The molecule has 25 heavy (non-hydrogen) atoms. The predicted octanol–water partition coefficient (Wildman–Crippen LogP) is 4.24. The number of carbonyl (C=O) groups is 1. The Morgan fingerprint density at radius 3 is 2.44 bits per heavy atom. The molecule has 4 rings (SSSR count). The smallest absolute Gasteiger partial charge is 0.300 e. The Balaban J connectivity index is 1.70. The summed E-state index contributed by atoms with van der Waals surface area (Å²) in [7, 11) is 0. The second-order valence-electron chi connectivity index (χ2n) is 7.20. The maximum atomic E-state index is 12.9. The van der Waals surface area contributed by atoms with Crippen molar-refractivity contribution in [2.75, 3.05) is 0 Å². The van der Waals surface area contributed by atoms with Crippen molar-refractivity contribution < 1.29 is 18.0 Å². The Morgan fingerprint density at radius 2 is 1.84 bits per heavy atom. The molecule has 2 heterocycles. The van der Waals surface area contributed by atoms with Gasteiger partial charge >= 0.3 is 6.18 Å². The lowest BCUT2D eigenvalue weighted by Crippen LogP contribution is -2.09. The normalized spacial score (nSPS) is 25.5. The third kappa shape index (κ3) is 2.75. The molecule has 2 aromatic rings. The molecule has 2 saturated carbocycles. The van der Waals surface area contributed by atoms with Gasteiger partial charge in [0.15, 0.2) is 0 Å². The number of aromatic nitrogens is 3. The maximum absolute atomic E-state index is 12.9. The van der Waals surface area contributed by atoms with Crippen molar-refractivity contribution in [2.24, 2.45) is 11.8 Å². The number of hydrogen-bond acceptors (Lipinski definition) is 3. The molecule has 0 aliphatic heterocycles. The molecule has 3 atom stereocenters. The van der Waals surface area contributed by atoms with E-state index >= 15 is 0 Å². The Bertz CT molecular complexity index is 826. The van der Waals surface area contributed by atoms with Crippen LogP contribution in [0.1, 0.15) is 50.0 Å². The van der Waals surface area contributed by atoms with Gasteiger partial charge in [0.2, 0.25) is 0 Å². The average Bonchev–Trinajstić information content (AvgIpc) is 2.90. The molecular formula is C18H18F3N3O. The Labute approximate surface area is 143 Å². The van der Waals surface area contributed by atoms with Gasteiger partial charge in [-0.3, -0.25) is 9.48 Å². The third-order valence-corrected chi connectivity index (χ3v) is 5.16. The van der Waals surface area contributed by atoms with Crippen molar-refractivity contribution in [3.8, 4) is 11.4 Å². The van der Waals surface area contributed by atoms with Crippen LogP contribution < -0.4 is 0 Å². The molecule has 0 saturated heterocycles. The number of carbonyl (C=O) groups excluding carboxylic acids is 1. The van der Waals surface area contributed by atoms with E-state index in [4.69, 9.17) is 0 Å². The number of Topliss-reactive ketones (excluding diaryl/α,β-unsaturated/α-hetero) is 1. The number of fused-ring (bicyclic) bond motifs is 1. The summed E-state index contributed by atoms with van der Waals surface area (Å²) >= 11 is 0. The van der Waals surface area contributed by atoms with Crippen LogP contribution in [0.5, 0.6) is 0 Å². The number of rotatable bonds is 3. The molecular weight excluding hydrogens is 331 g/mol. The van der Waals surface area contributed by atoms with Gasteiger partial charge in [0.1, 0.15) is 17.2 Å². The molecule has 2 aliphatic carbocycles. The van der Waals surface area contributed by atoms with Crippen LogP contribution in [-0.2, 0) is 11.0 Å². The van der Waals surface area contributed by atoms with Crippen molar-refractivity contribution in [3.63, 3.8) is 0 Å². The predicted molar refractivity (Wildman–Crippen MR) is 84.8 cm³/mol. The van der Waals surface area contributed by atoms with Crippen LogP contribution in [0.2, 0.25) is 0 Å². The minimum absolute atomic E-state index is 0.0894. The van der Waals surface area contributed by atoms with Crippen LogP contribution in [0.4, 0.5) is 13.2 Å². The molecule has 7 heteroatoms. The van der Waals surface area contributed by atoms with E-state index in [1.165, 1.54) is 6.07 Å². The summed E-state index contributed by atoms with van der Waals surface area (Å²) in [6.45, 7) is 3.98. The van der Waals surface area contributed by atoms with Crippen LogP contribution in [-0.4, -0.2) is 20.5 Å². The standard InChI is InChI=1S/C18H18F3N3O/c1-9(2)24-15(17-11-6-10(25)7-12(11)17)8-14(23-24)13-4-3-5-16(22-13)18(19,20)21/h3-5,8-9,11-12,17H,6-7H2,1-2H3/t11-,12+,17+. The monoisotopic (exact) mass is 349 g/mol. The van der Waals surface area contributed by atoms with Gasteiger partial charge in [-0.2, -0.15) is 18.3 Å². The van der Waals surface area contributed by atoms with E-state index in [9.17, 15) is 18.0 Å². The quantitative estimate of drug-likeness (QED) is 0.833. The number of nitrogens with zero attached hydrogens (tertiary/aromatic N) is 3. The van der Waals surface area contributed by atoms with Crippen LogP contribution in [0.25, 0.3) is 11.4 Å². The second-order valence-corrected chi connectivity index (χ2v) is 7.20. The molecule has 0 unspecified atom stereocenters. The summed E-state index contributed by atoms with van der Waals surface area (Å²) in [5, 5.41) is 4.51. The molecule has 2 aromatic heterocycles. The molecule has 0 radical (unpaired) electrons. The van der Waals surface area contributed by atoms with Crippen molar-refractivity contribution >= 4 is 5.78 Å². The van der Waals surface area contributed by atoms with E-state index in [0.717, 1.165) is 11.8 Å². The average molecular weight is 349 g/mol. The highest BCUT2D eigenvalue weighted by Gasteiger charge is 2.57. The number of alkyl halides is 3. The van der Waals surface area contributed by atoms with Gasteiger partial charge in [-0.25, -0.2) is 4.98 Å². The lowest BCUT2D eigenvalue weighted by atomic mass is 10.1. The van der Waals surface area contributed by atoms with Crippen LogP contribution in [0, 0.1) is 11.8 Å².